The predicted molar refractivity (Wildman–Crippen MR) is 97.2 cm³/mol. The molecule has 0 aliphatic carbocycles. The number of carbonyl (C=O) groups is 2. The van der Waals surface area contributed by atoms with E-state index in [1.807, 2.05) is 0 Å². The minimum absolute atomic E-state index is 0.0943. The van der Waals surface area contributed by atoms with E-state index >= 15 is 0 Å². The van der Waals surface area contributed by atoms with Gasteiger partial charge in [0, 0.05) is 12.2 Å². The van der Waals surface area contributed by atoms with Crippen molar-refractivity contribution in [1.29, 1.82) is 0 Å². The number of hydrogen-bond donors (Lipinski definition) is 2. The summed E-state index contributed by atoms with van der Waals surface area (Å²) in [6.07, 6.45) is -0.950. The van der Waals surface area contributed by atoms with E-state index in [2.05, 4.69) is 10.0 Å². The lowest BCUT2D eigenvalue weighted by Gasteiger charge is -2.13. The molecule has 2 rings (SSSR count). The average molecular weight is 394 g/mol. The van der Waals surface area contributed by atoms with Gasteiger partial charge in [0.15, 0.2) is 6.10 Å². The average Bonchev–Trinajstić information content (AvgIpc) is 2.62. The molecule has 0 aliphatic heterocycles. The summed E-state index contributed by atoms with van der Waals surface area (Å²) in [5.41, 5.74) is 0.378. The number of esters is 1. The SMILES string of the molecule is CCNC(=O)[C@@H](C)OC(=O)c1ccc(NS(=O)(=O)c2ccc(F)cc2)cc1. The van der Waals surface area contributed by atoms with Crippen LogP contribution in [0.1, 0.15) is 24.2 Å². The lowest BCUT2D eigenvalue weighted by molar-refractivity contribution is -0.128. The van der Waals surface area contributed by atoms with Crippen molar-refractivity contribution in [3.8, 4) is 0 Å². The number of rotatable bonds is 7. The molecule has 0 saturated heterocycles. The zero-order valence-corrected chi connectivity index (χ0v) is 15.5. The maximum Gasteiger partial charge on any atom is 0.338 e. The molecule has 144 valence electrons. The van der Waals surface area contributed by atoms with E-state index in [0.717, 1.165) is 24.3 Å². The fourth-order valence-corrected chi connectivity index (χ4v) is 3.16. The van der Waals surface area contributed by atoms with Crippen LogP contribution in [0.25, 0.3) is 0 Å². The number of sulfonamides is 1. The Labute approximate surface area is 156 Å². The first-order valence-corrected chi connectivity index (χ1v) is 9.58. The standard InChI is InChI=1S/C18H19FN2O5S/c1-3-20-17(22)12(2)26-18(23)13-4-8-15(9-5-13)21-27(24,25)16-10-6-14(19)7-11-16/h4-12,21H,3H2,1-2H3,(H,20,22)/t12-/m1/s1. The molecule has 0 heterocycles. The second kappa shape index (κ2) is 8.63. The molecule has 0 radical (unpaired) electrons. The van der Waals surface area contributed by atoms with Gasteiger partial charge in [-0.05, 0) is 62.4 Å². The number of anilines is 1. The summed E-state index contributed by atoms with van der Waals surface area (Å²) in [6.45, 7) is 3.62. The van der Waals surface area contributed by atoms with Crippen molar-refractivity contribution < 1.29 is 27.1 Å². The molecule has 2 aromatic carbocycles. The van der Waals surface area contributed by atoms with Gasteiger partial charge in [0.05, 0.1) is 10.5 Å². The maximum absolute atomic E-state index is 12.9. The molecule has 0 bridgehead atoms. The highest BCUT2D eigenvalue weighted by Crippen LogP contribution is 2.17. The number of hydrogen-bond acceptors (Lipinski definition) is 5. The lowest BCUT2D eigenvalue weighted by Crippen LogP contribution is -2.35. The molecule has 0 aliphatic rings. The topological polar surface area (TPSA) is 102 Å². The van der Waals surface area contributed by atoms with E-state index in [1.165, 1.54) is 31.2 Å². The number of ether oxygens (including phenoxy) is 1. The largest absolute Gasteiger partial charge is 0.449 e. The van der Waals surface area contributed by atoms with Crippen molar-refractivity contribution in [3.05, 3.63) is 59.9 Å². The fourth-order valence-electron chi connectivity index (χ4n) is 2.10. The summed E-state index contributed by atoms with van der Waals surface area (Å²) in [5, 5.41) is 2.54. The van der Waals surface area contributed by atoms with Gasteiger partial charge in [-0.3, -0.25) is 9.52 Å². The van der Waals surface area contributed by atoms with Gasteiger partial charge >= 0.3 is 5.97 Å². The third-order valence-electron chi connectivity index (χ3n) is 3.50. The molecule has 2 aromatic rings. The minimum Gasteiger partial charge on any atom is -0.449 e. The highest BCUT2D eigenvalue weighted by Gasteiger charge is 2.19. The van der Waals surface area contributed by atoms with Gasteiger partial charge < -0.3 is 10.1 Å². The van der Waals surface area contributed by atoms with Crippen molar-refractivity contribution in [2.24, 2.45) is 0 Å². The smallest absolute Gasteiger partial charge is 0.338 e. The normalized spacial score (nSPS) is 12.1. The van der Waals surface area contributed by atoms with Crippen molar-refractivity contribution >= 4 is 27.6 Å². The van der Waals surface area contributed by atoms with Crippen LogP contribution in [-0.4, -0.2) is 32.9 Å². The van der Waals surface area contributed by atoms with Crippen LogP contribution in [0.15, 0.2) is 53.4 Å². The Bertz CT molecular complexity index is 912. The third kappa shape index (κ3) is 5.52. The molecule has 9 heteroatoms. The van der Waals surface area contributed by atoms with Crippen molar-refractivity contribution in [2.45, 2.75) is 24.8 Å². The number of halogens is 1. The summed E-state index contributed by atoms with van der Waals surface area (Å²) in [4.78, 5) is 23.5. The Kier molecular flexibility index (Phi) is 6.51. The second-order valence-electron chi connectivity index (χ2n) is 5.58. The first-order chi connectivity index (χ1) is 12.7. The number of nitrogens with one attached hydrogen (secondary N) is 2. The van der Waals surface area contributed by atoms with Crippen LogP contribution in [0, 0.1) is 5.82 Å². The summed E-state index contributed by atoms with van der Waals surface area (Å²) in [5.74, 6) is -1.66. The second-order valence-corrected chi connectivity index (χ2v) is 7.26. The molecular formula is C18H19FN2O5S. The predicted octanol–water partition coefficient (Wildman–Crippen LogP) is 2.31. The molecule has 2 N–H and O–H groups in total. The molecule has 1 atom stereocenters. The van der Waals surface area contributed by atoms with Crippen molar-refractivity contribution in [1.82, 2.24) is 5.32 Å². The van der Waals surface area contributed by atoms with Crippen LogP contribution < -0.4 is 10.0 Å². The summed E-state index contributed by atoms with van der Waals surface area (Å²) < 4.78 is 44.8. The number of likely N-dealkylation sites (N-methyl/N-ethyl adjacent to an activating group) is 1. The number of carbonyl (C=O) groups excluding carboxylic acids is 2. The van der Waals surface area contributed by atoms with Crippen LogP contribution in [0.4, 0.5) is 10.1 Å². The molecule has 0 saturated carbocycles. The molecule has 0 fully saturated rings. The summed E-state index contributed by atoms with van der Waals surface area (Å²) in [7, 11) is -3.89. The summed E-state index contributed by atoms with van der Waals surface area (Å²) >= 11 is 0. The highest BCUT2D eigenvalue weighted by atomic mass is 32.2. The van der Waals surface area contributed by atoms with Crippen LogP contribution in [0.3, 0.4) is 0 Å². The van der Waals surface area contributed by atoms with Crippen LogP contribution in [-0.2, 0) is 19.6 Å². The van der Waals surface area contributed by atoms with E-state index in [0.29, 0.717) is 6.54 Å². The van der Waals surface area contributed by atoms with E-state index in [-0.39, 0.29) is 16.1 Å². The Balaban J connectivity index is 2.05. The van der Waals surface area contributed by atoms with Crippen LogP contribution in [0.5, 0.6) is 0 Å². The number of amides is 1. The first kappa shape index (κ1) is 20.4. The van der Waals surface area contributed by atoms with Gasteiger partial charge in [-0.25, -0.2) is 17.6 Å². The van der Waals surface area contributed by atoms with Gasteiger partial charge in [0.2, 0.25) is 0 Å². The Morgan fingerprint density at radius 2 is 1.67 bits per heavy atom. The minimum atomic E-state index is -3.89. The monoisotopic (exact) mass is 394 g/mol. The van der Waals surface area contributed by atoms with Gasteiger partial charge in [-0.15, -0.1) is 0 Å². The van der Waals surface area contributed by atoms with Gasteiger partial charge in [-0.2, -0.15) is 0 Å². The Morgan fingerprint density at radius 3 is 2.22 bits per heavy atom. The maximum atomic E-state index is 12.9. The molecule has 27 heavy (non-hydrogen) atoms. The van der Waals surface area contributed by atoms with Gasteiger partial charge in [0.25, 0.3) is 15.9 Å². The highest BCUT2D eigenvalue weighted by molar-refractivity contribution is 7.92. The zero-order chi connectivity index (χ0) is 20.0. The summed E-state index contributed by atoms with van der Waals surface area (Å²) in [6, 6.07) is 9.89. The zero-order valence-electron chi connectivity index (χ0n) is 14.7. The lowest BCUT2D eigenvalue weighted by atomic mass is 10.2. The van der Waals surface area contributed by atoms with Gasteiger partial charge in [-0.1, -0.05) is 0 Å². The molecular weight excluding hydrogens is 375 g/mol. The molecule has 1 amide bonds. The number of benzene rings is 2. The van der Waals surface area contributed by atoms with Crippen LogP contribution >= 0.6 is 0 Å². The molecule has 0 spiro atoms. The Hall–Kier alpha value is -2.94. The van der Waals surface area contributed by atoms with Crippen molar-refractivity contribution in [3.63, 3.8) is 0 Å². The van der Waals surface area contributed by atoms with Crippen molar-refractivity contribution in [2.75, 3.05) is 11.3 Å². The van der Waals surface area contributed by atoms with Gasteiger partial charge in [0.1, 0.15) is 5.82 Å². The van der Waals surface area contributed by atoms with Crippen LogP contribution in [0.2, 0.25) is 0 Å². The molecule has 0 aromatic heterocycles. The van der Waals surface area contributed by atoms with E-state index in [9.17, 15) is 22.4 Å². The molecule has 0 unspecified atom stereocenters. The van der Waals surface area contributed by atoms with E-state index in [4.69, 9.17) is 4.74 Å². The molecule has 7 nitrogen and oxygen atoms in total. The fraction of sp³-hybridized carbons (Fsp3) is 0.222. The Morgan fingerprint density at radius 1 is 1.07 bits per heavy atom. The van der Waals surface area contributed by atoms with E-state index in [1.54, 1.807) is 6.92 Å². The quantitative estimate of drug-likeness (QED) is 0.702. The first-order valence-electron chi connectivity index (χ1n) is 8.10. The van der Waals surface area contributed by atoms with E-state index < -0.39 is 33.8 Å². The third-order valence-corrected chi connectivity index (χ3v) is 4.90.